The maximum Gasteiger partial charge on any atom is 0.346 e. The van der Waals surface area contributed by atoms with E-state index in [-0.39, 0.29) is 23.9 Å². The fourth-order valence-electron chi connectivity index (χ4n) is 3.44. The number of rotatable bonds is 5. The van der Waals surface area contributed by atoms with Crippen LogP contribution in [0.1, 0.15) is 35.4 Å². The zero-order valence-corrected chi connectivity index (χ0v) is 16.4. The van der Waals surface area contributed by atoms with Crippen molar-refractivity contribution in [3.05, 3.63) is 76.5 Å². The quantitative estimate of drug-likeness (QED) is 0.519. The highest BCUT2D eigenvalue weighted by Gasteiger charge is 2.18. The van der Waals surface area contributed by atoms with E-state index >= 15 is 0 Å². The molecule has 3 aromatic rings. The second-order valence-electron chi connectivity index (χ2n) is 7.14. The standard InChI is InChI=1S/C22H22N4O4/c27-20(15-26-22(29)25-13-6-2-5-12-19(25)24-26)30-18-11-7-10-17(14-18)23-21(28)16-8-3-1-4-9-16/h1,3-4,7-11,14H,2,5-6,12-13,15H2,(H,23,28). The van der Waals surface area contributed by atoms with Crippen LogP contribution in [0, 0.1) is 0 Å². The van der Waals surface area contributed by atoms with Crippen LogP contribution in [0.5, 0.6) is 5.75 Å². The summed E-state index contributed by atoms with van der Waals surface area (Å²) in [6.45, 7) is 0.367. The Labute approximate surface area is 173 Å². The number of carbonyl (C=O) groups is 2. The summed E-state index contributed by atoms with van der Waals surface area (Å²) in [6, 6.07) is 15.4. The number of aryl methyl sites for hydroxylation is 1. The molecule has 8 heteroatoms. The number of benzene rings is 2. The molecule has 0 aliphatic carbocycles. The number of esters is 1. The lowest BCUT2D eigenvalue weighted by Crippen LogP contribution is -2.29. The monoisotopic (exact) mass is 406 g/mol. The molecule has 0 bridgehead atoms. The van der Waals surface area contributed by atoms with Gasteiger partial charge >= 0.3 is 11.7 Å². The van der Waals surface area contributed by atoms with Crippen LogP contribution in [0.15, 0.2) is 59.4 Å². The molecule has 0 fully saturated rings. The highest BCUT2D eigenvalue weighted by molar-refractivity contribution is 6.04. The lowest BCUT2D eigenvalue weighted by molar-refractivity contribution is -0.135. The van der Waals surface area contributed by atoms with Gasteiger partial charge in [0.05, 0.1) is 0 Å². The smallest absolute Gasteiger partial charge is 0.346 e. The number of hydrogen-bond acceptors (Lipinski definition) is 5. The number of aromatic nitrogens is 3. The summed E-state index contributed by atoms with van der Waals surface area (Å²) in [5.41, 5.74) is 0.742. The van der Waals surface area contributed by atoms with Crippen LogP contribution in [-0.2, 0) is 24.3 Å². The molecule has 2 aromatic carbocycles. The molecule has 1 aromatic heterocycles. The molecule has 0 radical (unpaired) electrons. The predicted octanol–water partition coefficient (Wildman–Crippen LogP) is 2.63. The Bertz CT molecular complexity index is 1120. The molecule has 1 aliphatic heterocycles. The average Bonchev–Trinajstić information content (AvgIpc) is 2.91. The third-order valence-corrected chi connectivity index (χ3v) is 4.92. The third kappa shape index (κ3) is 4.48. The number of amides is 1. The number of carbonyl (C=O) groups excluding carboxylic acids is 2. The van der Waals surface area contributed by atoms with Gasteiger partial charge in [-0.2, -0.15) is 5.10 Å². The van der Waals surface area contributed by atoms with Gasteiger partial charge in [-0.05, 0) is 37.1 Å². The number of ether oxygens (including phenoxy) is 1. The van der Waals surface area contributed by atoms with E-state index in [1.54, 1.807) is 53.1 Å². The van der Waals surface area contributed by atoms with Gasteiger partial charge < -0.3 is 10.1 Å². The molecule has 1 N–H and O–H groups in total. The Hall–Kier alpha value is -3.68. The Morgan fingerprint density at radius 2 is 1.87 bits per heavy atom. The molecule has 8 nitrogen and oxygen atoms in total. The number of fused-ring (bicyclic) bond motifs is 1. The zero-order valence-electron chi connectivity index (χ0n) is 16.4. The predicted molar refractivity (Wildman–Crippen MR) is 111 cm³/mol. The summed E-state index contributed by atoms with van der Waals surface area (Å²) in [5.74, 6) is 0.137. The summed E-state index contributed by atoms with van der Waals surface area (Å²) in [7, 11) is 0. The Morgan fingerprint density at radius 3 is 2.70 bits per heavy atom. The van der Waals surface area contributed by atoms with Crippen LogP contribution in [-0.4, -0.2) is 26.2 Å². The summed E-state index contributed by atoms with van der Waals surface area (Å²) >= 11 is 0. The summed E-state index contributed by atoms with van der Waals surface area (Å²) in [5, 5.41) is 7.06. The number of nitrogens with one attached hydrogen (secondary N) is 1. The van der Waals surface area contributed by atoms with Crippen LogP contribution in [0.25, 0.3) is 0 Å². The fraction of sp³-hybridized carbons (Fsp3) is 0.273. The van der Waals surface area contributed by atoms with Gasteiger partial charge in [0.1, 0.15) is 18.1 Å². The lowest BCUT2D eigenvalue weighted by atomic mass is 10.2. The molecule has 0 saturated heterocycles. The van der Waals surface area contributed by atoms with Crippen molar-refractivity contribution in [2.75, 3.05) is 5.32 Å². The molecule has 2 heterocycles. The van der Waals surface area contributed by atoms with Crippen molar-refractivity contribution in [1.82, 2.24) is 14.3 Å². The van der Waals surface area contributed by atoms with Crippen molar-refractivity contribution in [1.29, 1.82) is 0 Å². The Morgan fingerprint density at radius 1 is 1.03 bits per heavy atom. The first kappa shape index (κ1) is 19.6. The largest absolute Gasteiger partial charge is 0.425 e. The molecule has 0 unspecified atom stereocenters. The van der Waals surface area contributed by atoms with Gasteiger partial charge in [-0.3, -0.25) is 9.36 Å². The second kappa shape index (κ2) is 8.77. The molecular weight excluding hydrogens is 384 g/mol. The summed E-state index contributed by atoms with van der Waals surface area (Å²) in [4.78, 5) is 37.1. The van der Waals surface area contributed by atoms with Crippen molar-refractivity contribution < 1.29 is 14.3 Å². The normalized spacial score (nSPS) is 13.2. The number of anilines is 1. The average molecular weight is 406 g/mol. The molecule has 0 saturated carbocycles. The molecule has 30 heavy (non-hydrogen) atoms. The molecule has 1 aliphatic rings. The minimum Gasteiger partial charge on any atom is -0.425 e. The molecule has 1 amide bonds. The summed E-state index contributed by atoms with van der Waals surface area (Å²) in [6.07, 6.45) is 3.73. The van der Waals surface area contributed by atoms with Gasteiger partial charge in [0.2, 0.25) is 0 Å². The zero-order chi connectivity index (χ0) is 20.9. The number of nitrogens with zero attached hydrogens (tertiary/aromatic N) is 3. The van der Waals surface area contributed by atoms with Crippen LogP contribution in [0.3, 0.4) is 0 Å². The first-order valence-corrected chi connectivity index (χ1v) is 9.94. The van der Waals surface area contributed by atoms with Crippen molar-refractivity contribution in [2.24, 2.45) is 0 Å². The van der Waals surface area contributed by atoms with Crippen molar-refractivity contribution in [3.8, 4) is 5.75 Å². The maximum absolute atomic E-state index is 12.5. The van der Waals surface area contributed by atoms with E-state index in [1.165, 1.54) is 0 Å². The van der Waals surface area contributed by atoms with Crippen molar-refractivity contribution in [3.63, 3.8) is 0 Å². The second-order valence-corrected chi connectivity index (χ2v) is 7.14. The fourth-order valence-corrected chi connectivity index (χ4v) is 3.44. The molecular formula is C22H22N4O4. The SMILES string of the molecule is O=C(Cn1nc2n(c1=O)CCCCC2)Oc1cccc(NC(=O)c2ccccc2)c1. The maximum atomic E-state index is 12.5. The number of hydrogen-bond donors (Lipinski definition) is 1. The van der Waals surface area contributed by atoms with Crippen molar-refractivity contribution in [2.45, 2.75) is 38.8 Å². The van der Waals surface area contributed by atoms with Gasteiger partial charge in [0, 0.05) is 30.3 Å². The van der Waals surface area contributed by atoms with Gasteiger partial charge in [-0.15, -0.1) is 0 Å². The van der Waals surface area contributed by atoms with Crippen LogP contribution < -0.4 is 15.7 Å². The molecule has 0 atom stereocenters. The summed E-state index contributed by atoms with van der Waals surface area (Å²) < 4.78 is 8.15. The third-order valence-electron chi connectivity index (χ3n) is 4.92. The molecule has 4 rings (SSSR count). The van der Waals surface area contributed by atoms with Gasteiger partial charge in [0.25, 0.3) is 5.91 Å². The van der Waals surface area contributed by atoms with E-state index in [0.717, 1.165) is 36.2 Å². The Balaban J connectivity index is 1.41. The van der Waals surface area contributed by atoms with E-state index in [2.05, 4.69) is 10.4 Å². The van der Waals surface area contributed by atoms with E-state index in [0.29, 0.717) is 17.8 Å². The first-order chi connectivity index (χ1) is 14.6. The molecule has 154 valence electrons. The Kier molecular flexibility index (Phi) is 5.74. The minimum atomic E-state index is -0.600. The minimum absolute atomic E-state index is 0.259. The first-order valence-electron chi connectivity index (χ1n) is 9.94. The van der Waals surface area contributed by atoms with Gasteiger partial charge in [0.15, 0.2) is 0 Å². The van der Waals surface area contributed by atoms with E-state index in [1.807, 2.05) is 6.07 Å². The van der Waals surface area contributed by atoms with E-state index in [9.17, 15) is 14.4 Å². The van der Waals surface area contributed by atoms with Crippen LogP contribution >= 0.6 is 0 Å². The lowest BCUT2D eigenvalue weighted by Gasteiger charge is -2.08. The highest BCUT2D eigenvalue weighted by atomic mass is 16.5. The topological polar surface area (TPSA) is 95.2 Å². The molecule has 0 spiro atoms. The van der Waals surface area contributed by atoms with Crippen LogP contribution in [0.2, 0.25) is 0 Å². The van der Waals surface area contributed by atoms with E-state index < -0.39 is 5.97 Å². The van der Waals surface area contributed by atoms with Gasteiger partial charge in [-0.1, -0.05) is 30.7 Å². The van der Waals surface area contributed by atoms with E-state index in [4.69, 9.17) is 4.74 Å². The van der Waals surface area contributed by atoms with Crippen LogP contribution in [0.4, 0.5) is 5.69 Å². The highest BCUT2D eigenvalue weighted by Crippen LogP contribution is 2.18. The van der Waals surface area contributed by atoms with Crippen molar-refractivity contribution >= 4 is 17.6 Å². The van der Waals surface area contributed by atoms with Gasteiger partial charge in [-0.25, -0.2) is 14.3 Å².